The lowest BCUT2D eigenvalue weighted by molar-refractivity contribution is 0.00152. The van der Waals surface area contributed by atoms with E-state index in [4.69, 9.17) is 14.2 Å². The molecule has 3 aromatic rings. The largest absolute Gasteiger partial charge is 0.481 e. The molecular weight excluding hydrogens is 510 g/mol. The van der Waals surface area contributed by atoms with Crippen LogP contribution in [0.4, 0.5) is 5.95 Å². The number of anilines is 1. The van der Waals surface area contributed by atoms with E-state index in [0.717, 1.165) is 18.4 Å². The van der Waals surface area contributed by atoms with Crippen LogP contribution in [0.15, 0.2) is 30.6 Å². The van der Waals surface area contributed by atoms with Gasteiger partial charge in [0.25, 0.3) is 0 Å². The Morgan fingerprint density at radius 3 is 2.50 bits per heavy atom. The molecule has 0 aliphatic carbocycles. The van der Waals surface area contributed by atoms with Crippen LogP contribution in [0.3, 0.4) is 0 Å². The number of aryl methyl sites for hydroxylation is 1. The van der Waals surface area contributed by atoms with Crippen LogP contribution in [-0.2, 0) is 19.5 Å². The minimum Gasteiger partial charge on any atom is -0.481 e. The Morgan fingerprint density at radius 1 is 1.13 bits per heavy atom. The molecule has 1 N–H and O–H groups in total. The smallest absolute Gasteiger partial charge is 0.240 e. The van der Waals surface area contributed by atoms with Crippen molar-refractivity contribution in [1.82, 2.24) is 29.7 Å². The Labute approximate surface area is 223 Å². The fraction of sp³-hybridized carbons (Fsp3) is 0.560. The van der Waals surface area contributed by atoms with Crippen LogP contribution < -0.4 is 9.46 Å². The summed E-state index contributed by atoms with van der Waals surface area (Å²) in [7, 11) is -2.51. The fourth-order valence-corrected chi connectivity index (χ4v) is 5.42. The van der Waals surface area contributed by atoms with Gasteiger partial charge in [0.05, 0.1) is 25.4 Å². The zero-order chi connectivity index (χ0) is 27.4. The maximum Gasteiger partial charge on any atom is 0.240 e. The van der Waals surface area contributed by atoms with E-state index in [1.54, 1.807) is 42.1 Å². The maximum absolute atomic E-state index is 13.7. The Balaban J connectivity index is 1.71. The molecule has 206 valence electrons. The highest BCUT2D eigenvalue weighted by Gasteiger charge is 2.37. The number of methoxy groups -OCH3 is 1. The summed E-state index contributed by atoms with van der Waals surface area (Å²) in [4.78, 5) is 13.2. The quantitative estimate of drug-likeness (QED) is 0.380. The molecule has 0 spiro atoms. The van der Waals surface area contributed by atoms with Crippen LogP contribution in [-0.4, -0.2) is 69.3 Å². The zero-order valence-corrected chi connectivity index (χ0v) is 23.3. The molecule has 4 heterocycles. The topological polar surface area (TPSA) is 143 Å². The minimum atomic E-state index is -4.04. The molecule has 3 aromatic heterocycles. The van der Waals surface area contributed by atoms with Crippen molar-refractivity contribution in [2.45, 2.75) is 77.1 Å². The average molecular weight is 546 g/mol. The van der Waals surface area contributed by atoms with Crippen LogP contribution in [0.25, 0.3) is 11.5 Å². The molecule has 0 saturated carbocycles. The molecule has 0 radical (unpaired) electrons. The standard InChI is InChI=1S/C25H35N7O5S/c1-15(2)37-22(23-26-13-16(3)14-27-23)18(5)38(33,34)31-25-30-29-24(19-9-7-11-21(28-19)35-6)32(25)17(4)20-10-8-12-36-20/h7,9,11,13-15,17-18,20,22H,8,10,12H2,1-6H3,(H,30,31)/t17?,18?,20-,22?/m0/s1. The van der Waals surface area contributed by atoms with Crippen molar-refractivity contribution in [3.8, 4) is 17.4 Å². The number of hydrogen-bond acceptors (Lipinski definition) is 10. The van der Waals surface area contributed by atoms with Gasteiger partial charge in [-0.15, -0.1) is 10.2 Å². The lowest BCUT2D eigenvalue weighted by atomic mass is 10.1. The van der Waals surface area contributed by atoms with Gasteiger partial charge in [0.1, 0.15) is 17.0 Å². The highest BCUT2D eigenvalue weighted by Crippen LogP contribution is 2.33. The average Bonchev–Trinajstić information content (AvgIpc) is 3.57. The molecule has 1 aliphatic heterocycles. The van der Waals surface area contributed by atoms with Gasteiger partial charge >= 0.3 is 0 Å². The second kappa shape index (κ2) is 11.7. The number of sulfonamides is 1. The van der Waals surface area contributed by atoms with Crippen molar-refractivity contribution < 1.29 is 22.6 Å². The van der Waals surface area contributed by atoms with E-state index in [0.29, 0.717) is 24.0 Å². The highest BCUT2D eigenvalue weighted by molar-refractivity contribution is 7.93. The Hall–Kier alpha value is -3.16. The van der Waals surface area contributed by atoms with Gasteiger partial charge in [-0.3, -0.25) is 9.29 Å². The normalized spacial score (nSPS) is 18.3. The van der Waals surface area contributed by atoms with Crippen molar-refractivity contribution in [2.24, 2.45) is 0 Å². The number of hydrogen-bond donors (Lipinski definition) is 1. The summed E-state index contributed by atoms with van der Waals surface area (Å²) in [6.07, 6.45) is 3.75. The maximum atomic E-state index is 13.7. The molecule has 1 fully saturated rings. The van der Waals surface area contributed by atoms with E-state index >= 15 is 0 Å². The SMILES string of the molecule is COc1cccc(-c2nnc(NS(=O)(=O)C(C)C(OC(C)C)c3ncc(C)cn3)n2C(C)[C@@H]2CCCO2)n1. The number of aromatic nitrogens is 6. The first-order valence-corrected chi connectivity index (χ1v) is 14.2. The van der Waals surface area contributed by atoms with Crippen LogP contribution in [0.1, 0.15) is 64.1 Å². The van der Waals surface area contributed by atoms with E-state index in [-0.39, 0.29) is 30.0 Å². The van der Waals surface area contributed by atoms with Gasteiger partial charge in [0.15, 0.2) is 11.6 Å². The summed E-state index contributed by atoms with van der Waals surface area (Å²) < 4.78 is 49.0. The molecule has 0 bridgehead atoms. The third-order valence-electron chi connectivity index (χ3n) is 6.39. The van der Waals surface area contributed by atoms with Gasteiger partial charge in [-0.2, -0.15) is 0 Å². The Bertz CT molecular complexity index is 1320. The van der Waals surface area contributed by atoms with Crippen molar-refractivity contribution in [1.29, 1.82) is 0 Å². The molecule has 0 aromatic carbocycles. The summed E-state index contributed by atoms with van der Waals surface area (Å²) in [5.74, 6) is 1.16. The van der Waals surface area contributed by atoms with Crippen molar-refractivity contribution in [2.75, 3.05) is 18.4 Å². The predicted molar refractivity (Wildman–Crippen MR) is 141 cm³/mol. The van der Waals surface area contributed by atoms with E-state index in [1.165, 1.54) is 7.11 Å². The molecule has 4 atom stereocenters. The summed E-state index contributed by atoms with van der Waals surface area (Å²) >= 11 is 0. The lowest BCUT2D eigenvalue weighted by Gasteiger charge is -2.27. The minimum absolute atomic E-state index is 0.0626. The Kier molecular flexibility index (Phi) is 8.58. The van der Waals surface area contributed by atoms with E-state index in [9.17, 15) is 8.42 Å². The first kappa shape index (κ1) is 27.9. The lowest BCUT2D eigenvalue weighted by Crippen LogP contribution is -2.35. The van der Waals surface area contributed by atoms with E-state index < -0.39 is 21.4 Å². The number of ether oxygens (including phenoxy) is 3. The van der Waals surface area contributed by atoms with Crippen LogP contribution >= 0.6 is 0 Å². The van der Waals surface area contributed by atoms with Crippen molar-refractivity contribution in [3.05, 3.63) is 42.0 Å². The second-order valence-electron chi connectivity index (χ2n) is 9.65. The summed E-state index contributed by atoms with van der Waals surface area (Å²) in [5.41, 5.74) is 1.36. The monoisotopic (exact) mass is 545 g/mol. The van der Waals surface area contributed by atoms with Gasteiger partial charge in [0.2, 0.25) is 21.9 Å². The van der Waals surface area contributed by atoms with Crippen molar-refractivity contribution >= 4 is 16.0 Å². The molecule has 1 saturated heterocycles. The summed E-state index contributed by atoms with van der Waals surface area (Å²) in [6.45, 7) is 9.69. The van der Waals surface area contributed by atoms with E-state index in [1.807, 2.05) is 27.7 Å². The molecule has 4 rings (SSSR count). The summed E-state index contributed by atoms with van der Waals surface area (Å²) in [5, 5.41) is 7.50. The van der Waals surface area contributed by atoms with Crippen molar-refractivity contribution in [3.63, 3.8) is 0 Å². The van der Waals surface area contributed by atoms with Gasteiger partial charge in [-0.25, -0.2) is 23.4 Å². The molecular formula is C25H35N7O5S. The molecule has 12 nitrogen and oxygen atoms in total. The zero-order valence-electron chi connectivity index (χ0n) is 22.5. The molecule has 1 aliphatic rings. The first-order chi connectivity index (χ1) is 18.1. The molecule has 0 amide bonds. The number of nitrogens with one attached hydrogen (secondary N) is 1. The van der Waals surface area contributed by atoms with E-state index in [2.05, 4.69) is 29.9 Å². The highest BCUT2D eigenvalue weighted by atomic mass is 32.2. The van der Waals surface area contributed by atoms with Crippen LogP contribution in [0, 0.1) is 6.92 Å². The number of nitrogens with zero attached hydrogens (tertiary/aromatic N) is 6. The fourth-order valence-electron chi connectivity index (χ4n) is 4.33. The number of rotatable bonds is 11. The van der Waals surface area contributed by atoms with Gasteiger partial charge < -0.3 is 14.2 Å². The molecule has 38 heavy (non-hydrogen) atoms. The third kappa shape index (κ3) is 6.11. The second-order valence-corrected chi connectivity index (χ2v) is 11.7. The van der Waals surface area contributed by atoms with Gasteiger partial charge in [0, 0.05) is 25.1 Å². The first-order valence-electron chi connectivity index (χ1n) is 12.6. The Morgan fingerprint density at radius 2 is 1.87 bits per heavy atom. The molecule has 3 unspecified atom stereocenters. The van der Waals surface area contributed by atoms with Gasteiger partial charge in [-0.05, 0) is 59.1 Å². The van der Waals surface area contributed by atoms with Crippen LogP contribution in [0.5, 0.6) is 5.88 Å². The third-order valence-corrected chi connectivity index (χ3v) is 8.08. The van der Waals surface area contributed by atoms with Gasteiger partial charge in [-0.1, -0.05) is 6.07 Å². The molecule has 13 heteroatoms. The van der Waals surface area contributed by atoms with Crippen LogP contribution in [0.2, 0.25) is 0 Å². The summed E-state index contributed by atoms with van der Waals surface area (Å²) in [6, 6.07) is 5.01. The predicted octanol–water partition coefficient (Wildman–Crippen LogP) is 3.48. The number of pyridine rings is 1.